The van der Waals surface area contributed by atoms with Crippen LogP contribution in [0.2, 0.25) is 10.0 Å². The molecule has 0 radical (unpaired) electrons. The average Bonchev–Trinajstić information content (AvgIpc) is 3.28. The summed E-state index contributed by atoms with van der Waals surface area (Å²) in [6.45, 7) is 0. The van der Waals surface area contributed by atoms with E-state index in [9.17, 15) is 14.7 Å². The molecule has 150 valence electrons. The number of aromatic carboxylic acids is 1. The molecular weight excluding hydrogens is 465 g/mol. The minimum Gasteiger partial charge on any atom is -0.545 e. The number of hydrogen-bond donors (Lipinski definition) is 0. The molecule has 2 heterocycles. The van der Waals surface area contributed by atoms with Crippen LogP contribution in [0.15, 0.2) is 63.9 Å². The van der Waals surface area contributed by atoms with Crippen LogP contribution in [0.5, 0.6) is 0 Å². The number of carbonyl (C=O) groups is 2. The maximum absolute atomic E-state index is 12.8. The van der Waals surface area contributed by atoms with Gasteiger partial charge in [0.15, 0.2) is 4.32 Å². The van der Waals surface area contributed by atoms with Crippen molar-refractivity contribution >= 4 is 75.1 Å². The lowest BCUT2D eigenvalue weighted by Crippen LogP contribution is -2.27. The highest BCUT2D eigenvalue weighted by Crippen LogP contribution is 2.37. The van der Waals surface area contributed by atoms with E-state index in [1.807, 2.05) is 0 Å². The molecule has 1 aliphatic rings. The number of nitrogens with zero attached hydrogens (tertiary/aromatic N) is 1. The Labute approximate surface area is 190 Å². The van der Waals surface area contributed by atoms with Crippen LogP contribution < -0.4 is 10.0 Å². The minimum atomic E-state index is -1.38. The lowest BCUT2D eigenvalue weighted by molar-refractivity contribution is -0.255. The summed E-state index contributed by atoms with van der Waals surface area (Å²) in [5.41, 5.74) is 1.02. The summed E-state index contributed by atoms with van der Waals surface area (Å²) in [4.78, 5) is 25.8. The van der Waals surface area contributed by atoms with Crippen molar-refractivity contribution in [1.82, 2.24) is 0 Å². The number of carboxylic acids is 1. The molecule has 1 saturated heterocycles. The van der Waals surface area contributed by atoms with Crippen molar-refractivity contribution in [3.8, 4) is 11.3 Å². The first-order valence-electron chi connectivity index (χ1n) is 8.48. The van der Waals surface area contributed by atoms with Gasteiger partial charge in [0.1, 0.15) is 11.5 Å². The highest BCUT2D eigenvalue weighted by Gasteiger charge is 2.33. The third kappa shape index (κ3) is 4.02. The molecule has 0 aliphatic carbocycles. The molecule has 0 N–H and O–H groups in total. The predicted octanol–water partition coefficient (Wildman–Crippen LogP) is 5.02. The van der Waals surface area contributed by atoms with E-state index < -0.39 is 5.97 Å². The van der Waals surface area contributed by atoms with Crippen LogP contribution in [-0.4, -0.2) is 16.2 Å². The zero-order chi connectivity index (χ0) is 21.4. The third-order valence-electron chi connectivity index (χ3n) is 4.25. The zero-order valence-electron chi connectivity index (χ0n) is 14.9. The smallest absolute Gasteiger partial charge is 0.270 e. The van der Waals surface area contributed by atoms with Crippen LogP contribution in [-0.2, 0) is 4.79 Å². The van der Waals surface area contributed by atoms with Crippen molar-refractivity contribution in [2.75, 3.05) is 4.90 Å². The van der Waals surface area contributed by atoms with Gasteiger partial charge in [-0.1, -0.05) is 47.2 Å². The Hall–Kier alpha value is -2.58. The van der Waals surface area contributed by atoms with Crippen molar-refractivity contribution in [2.45, 2.75) is 0 Å². The summed E-state index contributed by atoms with van der Waals surface area (Å²) in [6, 6.07) is 14.6. The molecule has 0 saturated carbocycles. The number of thioether (sulfide) groups is 1. The minimum absolute atomic E-state index is 0.0800. The molecule has 1 fully saturated rings. The van der Waals surface area contributed by atoms with Crippen LogP contribution in [0.1, 0.15) is 16.1 Å². The number of thiocarbonyl (C=S) groups is 1. The van der Waals surface area contributed by atoms with E-state index in [0.717, 1.165) is 11.8 Å². The Morgan fingerprint density at radius 1 is 1.10 bits per heavy atom. The molecule has 1 amide bonds. The second-order valence-electron chi connectivity index (χ2n) is 6.18. The lowest BCUT2D eigenvalue weighted by Gasteiger charge is -2.14. The molecule has 5 nitrogen and oxygen atoms in total. The number of rotatable bonds is 4. The highest BCUT2D eigenvalue weighted by molar-refractivity contribution is 8.27. The Morgan fingerprint density at radius 2 is 1.83 bits per heavy atom. The van der Waals surface area contributed by atoms with Crippen LogP contribution in [0.3, 0.4) is 0 Å². The second-order valence-corrected chi connectivity index (χ2v) is 8.70. The summed E-state index contributed by atoms with van der Waals surface area (Å²) in [5.74, 6) is -0.796. The number of anilines is 1. The fourth-order valence-corrected chi connectivity index (χ4v) is 4.43. The molecular formula is C21H10Cl2NO4S2-. The van der Waals surface area contributed by atoms with Gasteiger partial charge in [-0.3, -0.25) is 9.69 Å². The monoisotopic (exact) mass is 474 g/mol. The van der Waals surface area contributed by atoms with E-state index in [1.54, 1.807) is 48.5 Å². The summed E-state index contributed by atoms with van der Waals surface area (Å²) in [7, 11) is 0. The maximum atomic E-state index is 12.8. The second kappa shape index (κ2) is 8.28. The highest BCUT2D eigenvalue weighted by atomic mass is 35.5. The van der Waals surface area contributed by atoms with Gasteiger partial charge in [0.25, 0.3) is 5.91 Å². The molecule has 0 spiro atoms. The number of benzene rings is 2. The molecule has 0 bridgehead atoms. The SMILES string of the molecule is O=C([O-])c1cc(-c2ccc(/C=C3\SC(=S)N(c4ccc(Cl)cc4)C3=O)o2)ccc1Cl. The van der Waals surface area contributed by atoms with Crippen LogP contribution in [0.25, 0.3) is 17.4 Å². The summed E-state index contributed by atoms with van der Waals surface area (Å²) in [5, 5.41) is 11.8. The van der Waals surface area contributed by atoms with Gasteiger partial charge < -0.3 is 14.3 Å². The van der Waals surface area contributed by atoms with E-state index in [0.29, 0.717) is 37.0 Å². The van der Waals surface area contributed by atoms with Gasteiger partial charge in [0, 0.05) is 27.2 Å². The molecule has 1 aliphatic heterocycles. The first kappa shape index (κ1) is 20.7. The molecule has 30 heavy (non-hydrogen) atoms. The van der Waals surface area contributed by atoms with E-state index in [4.69, 9.17) is 39.8 Å². The van der Waals surface area contributed by atoms with Crippen molar-refractivity contribution in [1.29, 1.82) is 0 Å². The first-order chi connectivity index (χ1) is 14.3. The Morgan fingerprint density at radius 3 is 2.53 bits per heavy atom. The normalized spacial score (nSPS) is 15.3. The molecule has 0 unspecified atom stereocenters. The topological polar surface area (TPSA) is 73.6 Å². The Bertz CT molecular complexity index is 1220. The van der Waals surface area contributed by atoms with E-state index >= 15 is 0 Å². The van der Waals surface area contributed by atoms with E-state index in [2.05, 4.69) is 0 Å². The first-order valence-corrected chi connectivity index (χ1v) is 10.5. The van der Waals surface area contributed by atoms with Crippen molar-refractivity contribution in [3.05, 3.63) is 80.9 Å². The van der Waals surface area contributed by atoms with Crippen molar-refractivity contribution in [3.63, 3.8) is 0 Å². The van der Waals surface area contributed by atoms with Gasteiger partial charge in [-0.15, -0.1) is 0 Å². The fraction of sp³-hybridized carbons (Fsp3) is 0. The molecule has 4 rings (SSSR count). The van der Waals surface area contributed by atoms with Crippen molar-refractivity contribution in [2.24, 2.45) is 0 Å². The Balaban J connectivity index is 1.61. The van der Waals surface area contributed by atoms with Gasteiger partial charge in [0.05, 0.1) is 16.6 Å². The standard InChI is InChI=1S/C21H11Cl2NO4S2/c22-12-2-4-13(5-3-12)24-19(25)18(30-21(24)29)10-14-6-8-17(28-14)11-1-7-16(23)15(9-11)20(26)27/h1-10H,(H,26,27)/p-1/b18-10-. The fourth-order valence-electron chi connectivity index (χ4n) is 2.83. The zero-order valence-corrected chi connectivity index (χ0v) is 18.1. The Kier molecular flexibility index (Phi) is 5.71. The maximum Gasteiger partial charge on any atom is 0.270 e. The summed E-state index contributed by atoms with van der Waals surface area (Å²) in [6.07, 6.45) is 1.59. The molecule has 3 aromatic rings. The lowest BCUT2D eigenvalue weighted by atomic mass is 10.1. The predicted molar refractivity (Wildman–Crippen MR) is 121 cm³/mol. The van der Waals surface area contributed by atoms with Crippen LogP contribution >= 0.6 is 47.2 Å². The summed E-state index contributed by atoms with van der Waals surface area (Å²) >= 11 is 18.3. The number of amides is 1. The number of hydrogen-bond acceptors (Lipinski definition) is 6. The average molecular weight is 475 g/mol. The van der Waals surface area contributed by atoms with Gasteiger partial charge in [0.2, 0.25) is 0 Å². The van der Waals surface area contributed by atoms with E-state index in [1.165, 1.54) is 17.0 Å². The molecule has 0 atom stereocenters. The quantitative estimate of drug-likeness (QED) is 0.390. The largest absolute Gasteiger partial charge is 0.545 e. The van der Waals surface area contributed by atoms with E-state index in [-0.39, 0.29) is 16.5 Å². The van der Waals surface area contributed by atoms with Crippen LogP contribution in [0.4, 0.5) is 5.69 Å². The number of halogens is 2. The van der Waals surface area contributed by atoms with Gasteiger partial charge in [-0.05, 0) is 54.6 Å². The van der Waals surface area contributed by atoms with Gasteiger partial charge in [-0.25, -0.2) is 0 Å². The summed E-state index contributed by atoms with van der Waals surface area (Å²) < 4.78 is 6.17. The van der Waals surface area contributed by atoms with Gasteiger partial charge >= 0.3 is 0 Å². The van der Waals surface area contributed by atoms with Gasteiger partial charge in [-0.2, -0.15) is 0 Å². The number of furan rings is 1. The van der Waals surface area contributed by atoms with Crippen molar-refractivity contribution < 1.29 is 19.1 Å². The van der Waals surface area contributed by atoms with Crippen LogP contribution in [0, 0.1) is 0 Å². The molecule has 2 aromatic carbocycles. The molecule has 9 heteroatoms. The molecule has 1 aromatic heterocycles. The third-order valence-corrected chi connectivity index (χ3v) is 6.13. The number of carboxylic acid groups (broad SMARTS) is 1. The number of carbonyl (C=O) groups excluding carboxylic acids is 2.